The molecule has 0 bridgehead atoms. The van der Waals surface area contributed by atoms with Crippen molar-refractivity contribution in [2.24, 2.45) is 0 Å². The largest absolute Gasteiger partial charge is 0.507 e. The third-order valence-electron chi connectivity index (χ3n) is 7.21. The second kappa shape index (κ2) is 5.68. The Balaban J connectivity index is 1.71. The predicted octanol–water partition coefficient (Wildman–Crippen LogP) is 0.00530. The number of ether oxygens (including phenoxy) is 3. The highest BCUT2D eigenvalue weighted by Gasteiger charge is 2.84. The van der Waals surface area contributed by atoms with Gasteiger partial charge in [-0.3, -0.25) is 19.2 Å². The Kier molecular flexibility index (Phi) is 3.46. The molecule has 170 valence electrons. The van der Waals surface area contributed by atoms with Crippen LogP contribution in [0.1, 0.15) is 43.1 Å². The zero-order chi connectivity index (χ0) is 23.7. The van der Waals surface area contributed by atoms with E-state index in [-0.39, 0.29) is 39.8 Å². The first kappa shape index (κ1) is 20.1. The predicted molar refractivity (Wildman–Crippen MR) is 106 cm³/mol. The van der Waals surface area contributed by atoms with Crippen LogP contribution < -0.4 is 0 Å². The molecule has 3 heterocycles. The van der Waals surface area contributed by atoms with Crippen molar-refractivity contribution in [2.45, 2.75) is 30.0 Å². The zero-order valence-electron chi connectivity index (χ0n) is 17.4. The molecule has 1 amide bonds. The van der Waals surface area contributed by atoms with Gasteiger partial charge in [-0.2, -0.15) is 0 Å². The quantitative estimate of drug-likeness (QED) is 0.500. The summed E-state index contributed by atoms with van der Waals surface area (Å²) >= 11 is 0. The fraction of sp³-hybridized carbons (Fsp3) is 0.364. The number of amides is 1. The Morgan fingerprint density at radius 2 is 1.82 bits per heavy atom. The van der Waals surface area contributed by atoms with E-state index in [0.717, 1.165) is 7.11 Å². The van der Waals surface area contributed by atoms with Crippen LogP contribution in [0.2, 0.25) is 0 Å². The summed E-state index contributed by atoms with van der Waals surface area (Å²) in [5.41, 5.74) is -5.68. The number of hydrogen-bond donors (Lipinski definition) is 3. The molecule has 0 unspecified atom stereocenters. The summed E-state index contributed by atoms with van der Waals surface area (Å²) < 4.78 is 16.2. The first-order valence-electron chi connectivity index (χ1n) is 10.1. The summed E-state index contributed by atoms with van der Waals surface area (Å²) in [5, 5.41) is 33.3. The minimum Gasteiger partial charge on any atom is -0.507 e. The van der Waals surface area contributed by atoms with Gasteiger partial charge in [0.2, 0.25) is 23.0 Å². The molecule has 11 heteroatoms. The number of phenolic OH excluding ortho intramolecular Hbond substituents is 2. The summed E-state index contributed by atoms with van der Waals surface area (Å²) in [6.07, 6.45) is -0.545. The molecular formula is C22H17NO10. The lowest BCUT2D eigenvalue weighted by Gasteiger charge is -2.43. The van der Waals surface area contributed by atoms with Gasteiger partial charge in [0.15, 0.2) is 0 Å². The smallest absolute Gasteiger partial charge is 0.312 e. The van der Waals surface area contributed by atoms with Crippen LogP contribution in [0.3, 0.4) is 0 Å². The van der Waals surface area contributed by atoms with E-state index < -0.39 is 64.8 Å². The number of phenols is 2. The van der Waals surface area contributed by atoms with Gasteiger partial charge < -0.3 is 34.4 Å². The summed E-state index contributed by atoms with van der Waals surface area (Å²) in [4.78, 5) is 53.5. The first-order valence-corrected chi connectivity index (χ1v) is 10.1. The normalized spacial score (nSPS) is 32.2. The number of carbonyl (C=O) groups excluding carboxylic acids is 4. The molecule has 2 saturated heterocycles. The number of carbonyl (C=O) groups is 4. The first-order chi connectivity index (χ1) is 15.5. The third kappa shape index (κ3) is 1.90. The molecule has 3 aliphatic heterocycles. The number of aliphatic hydroxyl groups is 1. The van der Waals surface area contributed by atoms with E-state index in [1.165, 1.54) is 24.1 Å². The van der Waals surface area contributed by atoms with E-state index >= 15 is 0 Å². The molecule has 0 saturated carbocycles. The van der Waals surface area contributed by atoms with Crippen molar-refractivity contribution < 1.29 is 48.7 Å². The van der Waals surface area contributed by atoms with Gasteiger partial charge >= 0.3 is 5.97 Å². The zero-order valence-corrected chi connectivity index (χ0v) is 17.4. The van der Waals surface area contributed by atoms with Gasteiger partial charge in [0.05, 0.1) is 17.7 Å². The van der Waals surface area contributed by atoms with E-state index in [2.05, 4.69) is 0 Å². The van der Waals surface area contributed by atoms with Crippen LogP contribution in [0.15, 0.2) is 12.1 Å². The van der Waals surface area contributed by atoms with Crippen molar-refractivity contribution >= 4 is 34.2 Å². The summed E-state index contributed by atoms with van der Waals surface area (Å²) in [5.74, 6) is -6.47. The highest BCUT2D eigenvalue weighted by Crippen LogP contribution is 2.59. The molecule has 2 aromatic rings. The van der Waals surface area contributed by atoms with Gasteiger partial charge in [0, 0.05) is 31.7 Å². The SMILES string of the molecule is CO[C@]12CC(=O)O[C@]13C(=O)c1c(cc4cc(O)c5c(c4c1O)CN(C)C5=O)C(=O)[C@]3(O)CO2. The minimum atomic E-state index is -2.59. The van der Waals surface area contributed by atoms with E-state index in [1.807, 2.05) is 0 Å². The van der Waals surface area contributed by atoms with Crippen molar-refractivity contribution in [3.63, 3.8) is 0 Å². The summed E-state index contributed by atoms with van der Waals surface area (Å²) in [7, 11) is 2.66. The lowest BCUT2D eigenvalue weighted by Crippen LogP contribution is -2.71. The molecule has 11 nitrogen and oxygen atoms in total. The van der Waals surface area contributed by atoms with Crippen molar-refractivity contribution in [3.8, 4) is 11.5 Å². The Morgan fingerprint density at radius 3 is 2.52 bits per heavy atom. The fourth-order valence-corrected chi connectivity index (χ4v) is 5.70. The second-order valence-electron chi connectivity index (χ2n) is 8.75. The Hall–Kier alpha value is -3.54. The van der Waals surface area contributed by atoms with Crippen molar-refractivity contribution in [1.82, 2.24) is 4.90 Å². The number of aromatic hydroxyl groups is 2. The monoisotopic (exact) mass is 455 g/mol. The van der Waals surface area contributed by atoms with Crippen molar-refractivity contribution in [1.29, 1.82) is 0 Å². The molecule has 1 spiro atoms. The van der Waals surface area contributed by atoms with Crippen LogP contribution in [-0.2, 0) is 25.5 Å². The van der Waals surface area contributed by atoms with Gasteiger partial charge in [-0.15, -0.1) is 0 Å². The lowest BCUT2D eigenvalue weighted by molar-refractivity contribution is -0.231. The number of ketones is 2. The highest BCUT2D eigenvalue weighted by molar-refractivity contribution is 6.27. The fourth-order valence-electron chi connectivity index (χ4n) is 5.70. The van der Waals surface area contributed by atoms with Gasteiger partial charge in [0.25, 0.3) is 11.5 Å². The molecular weight excluding hydrogens is 438 g/mol. The molecule has 4 aliphatic rings. The van der Waals surface area contributed by atoms with Crippen LogP contribution in [0.25, 0.3) is 10.8 Å². The molecule has 2 fully saturated rings. The standard InChI is InChI=1S/C22H17NO10/c1-23-6-10-13-8(4-11(24)14(10)19(23)29)3-9-15(16(13)26)18(28)22-20(30,17(9)27)7-32-21(22,31-2)5-12(25)33-22/h3-4,24,26,30H,5-7H2,1-2H3/t20-,21+,22+/m1/s1. The topological polar surface area (TPSA) is 160 Å². The Bertz CT molecular complexity index is 1380. The molecule has 3 atom stereocenters. The highest BCUT2D eigenvalue weighted by atomic mass is 16.8. The van der Waals surface area contributed by atoms with Crippen LogP contribution in [0, 0.1) is 0 Å². The van der Waals surface area contributed by atoms with E-state index in [0.29, 0.717) is 0 Å². The molecule has 33 heavy (non-hydrogen) atoms. The van der Waals surface area contributed by atoms with E-state index in [1.54, 1.807) is 0 Å². The molecule has 1 aliphatic carbocycles. The molecule has 0 aromatic heterocycles. The number of benzene rings is 2. The van der Waals surface area contributed by atoms with Crippen LogP contribution >= 0.6 is 0 Å². The van der Waals surface area contributed by atoms with Crippen LogP contribution in [-0.4, -0.2) is 81.4 Å². The number of Topliss-reactive ketones (excluding diaryl/α,β-unsaturated/α-hetero) is 2. The van der Waals surface area contributed by atoms with Crippen molar-refractivity contribution in [2.75, 3.05) is 20.8 Å². The molecule has 3 N–H and O–H groups in total. The number of methoxy groups -OCH3 is 1. The molecule has 2 aromatic carbocycles. The van der Waals surface area contributed by atoms with Gasteiger partial charge in [0.1, 0.15) is 17.9 Å². The van der Waals surface area contributed by atoms with Gasteiger partial charge in [-0.05, 0) is 23.1 Å². The molecule has 0 radical (unpaired) electrons. The van der Waals surface area contributed by atoms with Crippen molar-refractivity contribution in [3.05, 3.63) is 34.4 Å². The average molecular weight is 455 g/mol. The third-order valence-corrected chi connectivity index (χ3v) is 7.21. The summed E-state index contributed by atoms with van der Waals surface area (Å²) in [6, 6.07) is 2.46. The lowest BCUT2D eigenvalue weighted by atomic mass is 9.65. The number of nitrogens with zero attached hydrogens (tertiary/aromatic N) is 1. The maximum absolute atomic E-state index is 13.9. The maximum atomic E-state index is 13.9. The van der Waals surface area contributed by atoms with Crippen LogP contribution in [0.5, 0.6) is 11.5 Å². The number of esters is 1. The average Bonchev–Trinajstić information content (AvgIpc) is 3.32. The minimum absolute atomic E-state index is 0.0211. The maximum Gasteiger partial charge on any atom is 0.312 e. The summed E-state index contributed by atoms with van der Waals surface area (Å²) in [6.45, 7) is -0.631. The number of fused-ring (bicyclic) bond motifs is 4. The Morgan fingerprint density at radius 1 is 1.09 bits per heavy atom. The van der Waals surface area contributed by atoms with E-state index in [9.17, 15) is 34.5 Å². The number of hydrogen-bond acceptors (Lipinski definition) is 10. The second-order valence-corrected chi connectivity index (χ2v) is 8.75. The Labute approximate surface area is 185 Å². The number of rotatable bonds is 1. The van der Waals surface area contributed by atoms with Gasteiger partial charge in [-0.1, -0.05) is 0 Å². The molecule has 6 rings (SSSR count). The van der Waals surface area contributed by atoms with Gasteiger partial charge in [-0.25, -0.2) is 0 Å². The van der Waals surface area contributed by atoms with E-state index in [4.69, 9.17) is 14.2 Å². The van der Waals surface area contributed by atoms with Crippen LogP contribution in [0.4, 0.5) is 0 Å².